The Morgan fingerprint density at radius 3 is 2.52 bits per heavy atom. The van der Waals surface area contributed by atoms with Crippen molar-refractivity contribution in [1.82, 2.24) is 9.78 Å². The van der Waals surface area contributed by atoms with Crippen molar-refractivity contribution in [3.8, 4) is 11.4 Å². The molecule has 1 amide bonds. The summed E-state index contributed by atoms with van der Waals surface area (Å²) in [5.74, 6) is -1.31. The van der Waals surface area contributed by atoms with Crippen LogP contribution in [-0.4, -0.2) is 34.9 Å². The molecule has 0 atom stereocenters. The summed E-state index contributed by atoms with van der Waals surface area (Å²) in [5, 5.41) is 6.88. The molecule has 3 aromatic rings. The fourth-order valence-electron chi connectivity index (χ4n) is 2.86. The number of nitrogens with zero attached hydrogens (tertiary/aromatic N) is 2. The number of anilines is 1. The van der Waals surface area contributed by atoms with Gasteiger partial charge in [-0.25, -0.2) is 4.79 Å². The van der Waals surface area contributed by atoms with E-state index in [4.69, 9.17) is 9.47 Å². The zero-order chi connectivity index (χ0) is 22.4. The van der Waals surface area contributed by atoms with Gasteiger partial charge < -0.3 is 14.8 Å². The van der Waals surface area contributed by atoms with Crippen LogP contribution in [0.2, 0.25) is 0 Å². The Morgan fingerprint density at radius 1 is 1.06 bits per heavy atom. The highest BCUT2D eigenvalue weighted by Gasteiger charge is 2.20. The third-order valence-corrected chi connectivity index (χ3v) is 4.60. The molecule has 8 nitrogen and oxygen atoms in total. The molecule has 1 aromatic heterocycles. The summed E-state index contributed by atoms with van der Waals surface area (Å²) in [5.41, 5.74) is 2.43. The molecule has 2 aromatic carbocycles. The Hall–Kier alpha value is -3.94. The van der Waals surface area contributed by atoms with Gasteiger partial charge in [-0.1, -0.05) is 30.3 Å². The van der Waals surface area contributed by atoms with Crippen LogP contribution in [-0.2, 0) is 9.53 Å². The van der Waals surface area contributed by atoms with Gasteiger partial charge in [0.1, 0.15) is 0 Å². The number of rotatable bonds is 7. The van der Waals surface area contributed by atoms with Crippen molar-refractivity contribution in [3.63, 3.8) is 0 Å². The molecule has 0 aliphatic heterocycles. The van der Waals surface area contributed by atoms with E-state index in [9.17, 15) is 14.4 Å². The van der Waals surface area contributed by atoms with E-state index in [-0.39, 0.29) is 18.1 Å². The maximum atomic E-state index is 12.6. The fraction of sp³-hybridized carbons (Fsp3) is 0.217. The lowest BCUT2D eigenvalue weighted by Gasteiger charge is -2.13. The van der Waals surface area contributed by atoms with E-state index >= 15 is 0 Å². The predicted octanol–water partition coefficient (Wildman–Crippen LogP) is 3.04. The van der Waals surface area contributed by atoms with Gasteiger partial charge in [-0.15, -0.1) is 0 Å². The third kappa shape index (κ3) is 5.16. The standard InChI is InChI=1S/C23H23N3O5/c1-4-30-23(29)22-19(13-21(28)26(25-22)17-10-6-5-7-11-17)31-14-20(27)24-18-12-8-9-15(2)16(18)3/h5-13H,4,14H2,1-3H3,(H,24,27). The molecule has 31 heavy (non-hydrogen) atoms. The van der Waals surface area contributed by atoms with Crippen LogP contribution >= 0.6 is 0 Å². The summed E-state index contributed by atoms with van der Waals surface area (Å²) in [6.07, 6.45) is 0. The lowest BCUT2D eigenvalue weighted by atomic mass is 10.1. The number of benzene rings is 2. The van der Waals surface area contributed by atoms with Crippen molar-refractivity contribution in [2.45, 2.75) is 20.8 Å². The van der Waals surface area contributed by atoms with Gasteiger partial charge in [0.05, 0.1) is 18.4 Å². The van der Waals surface area contributed by atoms with E-state index in [2.05, 4.69) is 10.4 Å². The topological polar surface area (TPSA) is 99.5 Å². The van der Waals surface area contributed by atoms with Crippen LogP contribution in [0.25, 0.3) is 5.69 Å². The molecule has 0 saturated heterocycles. The van der Waals surface area contributed by atoms with Crippen LogP contribution < -0.4 is 15.6 Å². The summed E-state index contributed by atoms with van der Waals surface area (Å²) >= 11 is 0. The second-order valence-electron chi connectivity index (χ2n) is 6.75. The molecular formula is C23H23N3O5. The summed E-state index contributed by atoms with van der Waals surface area (Å²) in [6.45, 7) is 5.22. The molecular weight excluding hydrogens is 398 g/mol. The number of nitrogens with one attached hydrogen (secondary N) is 1. The van der Waals surface area contributed by atoms with Gasteiger partial charge in [0, 0.05) is 5.69 Å². The minimum Gasteiger partial charge on any atom is -0.481 e. The van der Waals surface area contributed by atoms with E-state index < -0.39 is 24.0 Å². The van der Waals surface area contributed by atoms with Crippen LogP contribution in [0.15, 0.2) is 59.4 Å². The average Bonchev–Trinajstić information content (AvgIpc) is 2.76. The zero-order valence-electron chi connectivity index (χ0n) is 17.5. The summed E-state index contributed by atoms with van der Waals surface area (Å²) in [7, 11) is 0. The second kappa shape index (κ2) is 9.71. The molecule has 0 bridgehead atoms. The van der Waals surface area contributed by atoms with Gasteiger partial charge in [0.15, 0.2) is 12.4 Å². The maximum absolute atomic E-state index is 12.6. The number of hydrogen-bond donors (Lipinski definition) is 1. The molecule has 0 saturated carbocycles. The first kappa shape index (κ1) is 21.8. The van der Waals surface area contributed by atoms with Crippen LogP contribution in [0.1, 0.15) is 28.5 Å². The Bertz CT molecular complexity index is 1160. The van der Waals surface area contributed by atoms with Crippen LogP contribution in [0, 0.1) is 13.8 Å². The first-order valence-corrected chi connectivity index (χ1v) is 9.76. The van der Waals surface area contributed by atoms with E-state index in [1.807, 2.05) is 26.0 Å². The zero-order valence-corrected chi connectivity index (χ0v) is 17.5. The highest BCUT2D eigenvalue weighted by Crippen LogP contribution is 2.19. The number of esters is 1. The SMILES string of the molecule is CCOC(=O)c1nn(-c2ccccc2)c(=O)cc1OCC(=O)Nc1cccc(C)c1C. The van der Waals surface area contributed by atoms with Gasteiger partial charge in [-0.05, 0) is 50.1 Å². The van der Waals surface area contributed by atoms with Crippen molar-refractivity contribution in [1.29, 1.82) is 0 Å². The number of amides is 1. The van der Waals surface area contributed by atoms with Crippen molar-refractivity contribution in [3.05, 3.63) is 81.8 Å². The average molecular weight is 421 g/mol. The normalized spacial score (nSPS) is 10.4. The lowest BCUT2D eigenvalue weighted by Crippen LogP contribution is -2.27. The highest BCUT2D eigenvalue weighted by molar-refractivity contribution is 5.93. The summed E-state index contributed by atoms with van der Waals surface area (Å²) in [4.78, 5) is 37.3. The molecule has 160 valence electrons. The quantitative estimate of drug-likeness (QED) is 0.589. The van der Waals surface area contributed by atoms with Crippen molar-refractivity contribution < 1.29 is 19.1 Å². The number of aromatic nitrogens is 2. The van der Waals surface area contributed by atoms with Crippen molar-refractivity contribution in [2.75, 3.05) is 18.5 Å². The first-order valence-electron chi connectivity index (χ1n) is 9.76. The number of para-hydroxylation sites is 1. The van der Waals surface area contributed by atoms with Gasteiger partial charge in [0.2, 0.25) is 5.69 Å². The van der Waals surface area contributed by atoms with E-state index in [1.165, 1.54) is 0 Å². The number of hydrogen-bond acceptors (Lipinski definition) is 6. The number of carbonyl (C=O) groups excluding carboxylic acids is 2. The van der Waals surface area contributed by atoms with Gasteiger partial charge in [-0.2, -0.15) is 9.78 Å². The Kier molecular flexibility index (Phi) is 6.81. The number of aryl methyl sites for hydroxylation is 1. The smallest absolute Gasteiger partial charge is 0.362 e. The summed E-state index contributed by atoms with van der Waals surface area (Å²) in [6, 6.07) is 15.3. The minimum atomic E-state index is -0.753. The van der Waals surface area contributed by atoms with Crippen LogP contribution in [0.5, 0.6) is 5.75 Å². The second-order valence-corrected chi connectivity index (χ2v) is 6.75. The fourth-order valence-corrected chi connectivity index (χ4v) is 2.86. The Morgan fingerprint density at radius 2 is 1.81 bits per heavy atom. The Balaban J connectivity index is 1.85. The minimum absolute atomic E-state index is 0.119. The van der Waals surface area contributed by atoms with E-state index in [0.717, 1.165) is 21.9 Å². The number of carbonyl (C=O) groups is 2. The van der Waals surface area contributed by atoms with E-state index in [1.54, 1.807) is 43.3 Å². The maximum Gasteiger partial charge on any atom is 0.362 e. The molecule has 0 spiro atoms. The monoisotopic (exact) mass is 421 g/mol. The molecule has 1 N–H and O–H groups in total. The summed E-state index contributed by atoms with van der Waals surface area (Å²) < 4.78 is 11.6. The van der Waals surface area contributed by atoms with Gasteiger partial charge >= 0.3 is 5.97 Å². The first-order chi connectivity index (χ1) is 14.9. The molecule has 0 unspecified atom stereocenters. The molecule has 0 fully saturated rings. The molecule has 0 radical (unpaired) electrons. The Labute approximate surface area is 179 Å². The molecule has 3 rings (SSSR count). The predicted molar refractivity (Wildman–Crippen MR) is 116 cm³/mol. The number of ether oxygens (including phenoxy) is 2. The van der Waals surface area contributed by atoms with Crippen LogP contribution in [0.4, 0.5) is 5.69 Å². The van der Waals surface area contributed by atoms with Crippen molar-refractivity contribution >= 4 is 17.6 Å². The molecule has 0 aliphatic carbocycles. The highest BCUT2D eigenvalue weighted by atomic mass is 16.5. The molecule has 0 aliphatic rings. The van der Waals surface area contributed by atoms with Crippen LogP contribution in [0.3, 0.4) is 0 Å². The van der Waals surface area contributed by atoms with Gasteiger partial charge in [0.25, 0.3) is 11.5 Å². The third-order valence-electron chi connectivity index (χ3n) is 4.60. The van der Waals surface area contributed by atoms with Crippen molar-refractivity contribution in [2.24, 2.45) is 0 Å². The van der Waals surface area contributed by atoms with E-state index in [0.29, 0.717) is 11.4 Å². The molecule has 8 heteroatoms. The molecule has 1 heterocycles. The lowest BCUT2D eigenvalue weighted by molar-refractivity contribution is -0.118. The largest absolute Gasteiger partial charge is 0.481 e. The van der Waals surface area contributed by atoms with Gasteiger partial charge in [-0.3, -0.25) is 9.59 Å².